The average Bonchev–Trinajstić information content (AvgIpc) is 2.43. The Morgan fingerprint density at radius 3 is 1.52 bits per heavy atom. The number of hydrogen-bond acceptors (Lipinski definition) is 5. The minimum absolute atomic E-state index is 0.164. The van der Waals surface area contributed by atoms with Gasteiger partial charge < -0.3 is 5.11 Å². The van der Waals surface area contributed by atoms with E-state index in [9.17, 15) is 42.6 Å². The lowest BCUT2D eigenvalue weighted by molar-refractivity contribution is -0.390. The van der Waals surface area contributed by atoms with Gasteiger partial charge >= 0.3 is 17.3 Å². The zero-order valence-corrected chi connectivity index (χ0v) is 13.4. The Kier molecular flexibility index (Phi) is 6.91. The van der Waals surface area contributed by atoms with Crippen molar-refractivity contribution in [1.29, 1.82) is 0 Å². The number of aryl methyl sites for hydroxylation is 1. The number of nitrogens with zero attached hydrogens (tertiary/aromatic N) is 2. The predicted octanol–water partition coefficient (Wildman–Crippen LogP) is 3.68. The van der Waals surface area contributed by atoms with E-state index in [2.05, 4.69) is 0 Å². The van der Waals surface area contributed by atoms with Crippen LogP contribution in [-0.4, -0.2) is 20.9 Å². The molecule has 0 radical (unpaired) electrons. The van der Waals surface area contributed by atoms with Crippen molar-refractivity contribution in [2.24, 2.45) is 0 Å². The molecule has 2 aromatic carbocycles. The number of halogens is 4. The van der Waals surface area contributed by atoms with Crippen molar-refractivity contribution >= 4 is 17.3 Å². The van der Waals surface area contributed by atoms with E-state index >= 15 is 0 Å². The van der Waals surface area contributed by atoms with Crippen molar-refractivity contribution in [3.8, 4) is 0 Å². The summed E-state index contributed by atoms with van der Waals surface area (Å²) in [6.45, 7) is 1.45. The molecule has 8 nitrogen and oxygen atoms in total. The van der Waals surface area contributed by atoms with Crippen LogP contribution in [0.5, 0.6) is 0 Å². The van der Waals surface area contributed by atoms with E-state index in [4.69, 9.17) is 5.11 Å². The van der Waals surface area contributed by atoms with Crippen LogP contribution in [0, 0.1) is 50.4 Å². The number of nitro benzene ring substituents is 2. The summed E-state index contributed by atoms with van der Waals surface area (Å²) in [5.41, 5.74) is -2.22. The molecule has 0 amide bonds. The van der Waals surface area contributed by atoms with Gasteiger partial charge in [-0.3, -0.25) is 25.0 Å². The van der Waals surface area contributed by atoms with Crippen LogP contribution in [0.1, 0.15) is 11.1 Å². The van der Waals surface area contributed by atoms with Crippen LogP contribution in [0.25, 0.3) is 0 Å². The second-order valence-electron chi connectivity index (χ2n) is 5.07. The molecule has 0 aliphatic carbocycles. The fraction of sp³-hybridized carbons (Fsp3) is 0.133. The molecule has 12 heteroatoms. The van der Waals surface area contributed by atoms with Gasteiger partial charge in [-0.15, -0.1) is 0 Å². The summed E-state index contributed by atoms with van der Waals surface area (Å²) in [6.07, 6.45) is -0.591. The lowest BCUT2D eigenvalue weighted by Crippen LogP contribution is -2.03. The van der Waals surface area contributed by atoms with Crippen molar-refractivity contribution in [1.82, 2.24) is 0 Å². The van der Waals surface area contributed by atoms with Gasteiger partial charge in [0.15, 0.2) is 0 Å². The maximum Gasteiger partial charge on any atom is 0.340 e. The summed E-state index contributed by atoms with van der Waals surface area (Å²) in [6, 6.07) is 3.10. The molecular formula is C15H10F4N2O6. The molecule has 2 rings (SSSR count). The van der Waals surface area contributed by atoms with Crippen LogP contribution in [-0.2, 0) is 11.2 Å². The summed E-state index contributed by atoms with van der Waals surface area (Å²) in [5, 5.41) is 28.6. The molecule has 0 spiro atoms. The zero-order valence-electron chi connectivity index (χ0n) is 13.4. The fourth-order valence-electron chi connectivity index (χ4n) is 1.94. The first kappa shape index (κ1) is 21.5. The molecule has 0 atom stereocenters. The van der Waals surface area contributed by atoms with Crippen LogP contribution in [0.4, 0.5) is 28.9 Å². The van der Waals surface area contributed by atoms with Crippen LogP contribution in [0.15, 0.2) is 24.3 Å². The lowest BCUT2D eigenvalue weighted by Gasteiger charge is -1.99. The quantitative estimate of drug-likeness (QED) is 0.482. The maximum absolute atomic E-state index is 12.9. The second-order valence-corrected chi connectivity index (χ2v) is 5.07. The minimum atomic E-state index is -1.38. The number of nitro groups is 2. The van der Waals surface area contributed by atoms with Crippen molar-refractivity contribution in [2.75, 3.05) is 0 Å². The first-order chi connectivity index (χ1) is 12.4. The van der Waals surface area contributed by atoms with E-state index < -0.39 is 56.9 Å². The molecule has 144 valence electrons. The fourth-order valence-corrected chi connectivity index (χ4v) is 1.94. The molecule has 27 heavy (non-hydrogen) atoms. The molecule has 0 aliphatic heterocycles. The maximum atomic E-state index is 12.9. The summed E-state index contributed by atoms with van der Waals surface area (Å²) >= 11 is 0. The van der Waals surface area contributed by atoms with Gasteiger partial charge in [0.1, 0.15) is 0 Å². The van der Waals surface area contributed by atoms with Gasteiger partial charge in [0.2, 0.25) is 23.3 Å². The van der Waals surface area contributed by atoms with E-state index in [1.54, 1.807) is 0 Å². The van der Waals surface area contributed by atoms with Crippen LogP contribution in [0.2, 0.25) is 0 Å². The normalized spacial score (nSPS) is 9.96. The Bertz CT molecular complexity index is 873. The number of carbonyl (C=O) groups is 1. The number of aliphatic carboxylic acids is 1. The summed E-state index contributed by atoms with van der Waals surface area (Å²) in [7, 11) is 0. The number of carboxylic acids is 1. The summed E-state index contributed by atoms with van der Waals surface area (Å²) in [4.78, 5) is 28.2. The zero-order chi connectivity index (χ0) is 20.9. The molecule has 0 heterocycles. The molecule has 0 bridgehead atoms. The van der Waals surface area contributed by atoms with Crippen molar-refractivity contribution < 1.29 is 37.3 Å². The second kappa shape index (κ2) is 8.69. The van der Waals surface area contributed by atoms with E-state index in [1.165, 1.54) is 6.92 Å². The molecule has 0 saturated heterocycles. The monoisotopic (exact) mass is 390 g/mol. The van der Waals surface area contributed by atoms with Gasteiger partial charge in [0.05, 0.1) is 16.3 Å². The highest BCUT2D eigenvalue weighted by Crippen LogP contribution is 2.23. The molecule has 0 aliphatic rings. The minimum Gasteiger partial charge on any atom is -0.481 e. The standard InChI is InChI=1S/C8H5F2NO4.C7H5F2NO2/c9-5-1-4(3-7(12)13)2-6(10)8(5)11(14)15;1-4-2-5(8)7(10(11)12)6(9)3-4/h1-2H,3H2,(H,12,13);2-3H,1H3. The lowest BCUT2D eigenvalue weighted by atomic mass is 10.1. The molecule has 0 fully saturated rings. The Labute approximate surface area is 148 Å². The van der Waals surface area contributed by atoms with Crippen molar-refractivity contribution in [2.45, 2.75) is 13.3 Å². The molecule has 2 aromatic rings. The predicted molar refractivity (Wildman–Crippen MR) is 82.1 cm³/mol. The Hall–Kier alpha value is -3.57. The SMILES string of the molecule is Cc1cc(F)c([N+](=O)[O-])c(F)c1.O=C(O)Cc1cc(F)c([N+](=O)[O-])c(F)c1. The van der Waals surface area contributed by atoms with Gasteiger partial charge in [0.25, 0.3) is 0 Å². The Morgan fingerprint density at radius 2 is 1.22 bits per heavy atom. The smallest absolute Gasteiger partial charge is 0.340 e. The van der Waals surface area contributed by atoms with Gasteiger partial charge in [-0.2, -0.15) is 17.6 Å². The van der Waals surface area contributed by atoms with E-state index in [1.807, 2.05) is 0 Å². The van der Waals surface area contributed by atoms with Gasteiger partial charge in [-0.05, 0) is 42.3 Å². The highest BCUT2D eigenvalue weighted by molar-refractivity contribution is 5.70. The highest BCUT2D eigenvalue weighted by atomic mass is 19.1. The topological polar surface area (TPSA) is 124 Å². The largest absolute Gasteiger partial charge is 0.481 e. The molecule has 0 unspecified atom stereocenters. The summed E-state index contributed by atoms with van der Waals surface area (Å²) in [5.74, 6) is -6.31. The summed E-state index contributed by atoms with van der Waals surface area (Å²) < 4.78 is 51.2. The average molecular weight is 390 g/mol. The molecule has 0 aromatic heterocycles. The molecule has 0 saturated carbocycles. The Morgan fingerprint density at radius 1 is 0.889 bits per heavy atom. The van der Waals surface area contributed by atoms with Crippen LogP contribution >= 0.6 is 0 Å². The third-order valence-corrected chi connectivity index (χ3v) is 2.96. The van der Waals surface area contributed by atoms with E-state index in [-0.39, 0.29) is 5.56 Å². The number of rotatable bonds is 4. The third-order valence-electron chi connectivity index (χ3n) is 2.96. The Balaban J connectivity index is 0.000000277. The van der Waals surface area contributed by atoms with Crippen molar-refractivity contribution in [3.63, 3.8) is 0 Å². The first-order valence-corrected chi connectivity index (χ1v) is 6.88. The van der Waals surface area contributed by atoms with Gasteiger partial charge in [-0.1, -0.05) is 0 Å². The van der Waals surface area contributed by atoms with Gasteiger partial charge in [0, 0.05) is 0 Å². The molecule has 1 N–H and O–H groups in total. The van der Waals surface area contributed by atoms with Crippen LogP contribution in [0.3, 0.4) is 0 Å². The third kappa shape index (κ3) is 5.73. The van der Waals surface area contributed by atoms with E-state index in [0.717, 1.165) is 12.1 Å². The highest BCUT2D eigenvalue weighted by Gasteiger charge is 2.22. The van der Waals surface area contributed by atoms with Crippen LogP contribution < -0.4 is 0 Å². The molecular weight excluding hydrogens is 380 g/mol. The van der Waals surface area contributed by atoms with Gasteiger partial charge in [-0.25, -0.2) is 0 Å². The van der Waals surface area contributed by atoms with Crippen molar-refractivity contribution in [3.05, 3.63) is 78.9 Å². The van der Waals surface area contributed by atoms with E-state index in [0.29, 0.717) is 17.7 Å². The number of carboxylic acid groups (broad SMARTS) is 1. The number of benzene rings is 2. The number of hydrogen-bond donors (Lipinski definition) is 1. The first-order valence-electron chi connectivity index (χ1n) is 6.88.